The molecule has 1 amide bonds. The summed E-state index contributed by atoms with van der Waals surface area (Å²) in [5, 5.41) is 3.32. The molecule has 2 heterocycles. The molecule has 4 nitrogen and oxygen atoms in total. The third-order valence-corrected chi connectivity index (χ3v) is 4.32. The zero-order chi connectivity index (χ0) is 16.8. The Balaban J connectivity index is 0.00000225. The lowest BCUT2D eigenvalue weighted by Gasteiger charge is -2.20. The Morgan fingerprint density at radius 3 is 2.68 bits per heavy atom. The molecule has 0 bridgehead atoms. The zero-order valence-corrected chi connectivity index (χ0v) is 15.0. The molecule has 1 saturated heterocycles. The molecule has 0 radical (unpaired) electrons. The number of carbonyl (C=O) groups excluding carboxylic acids is 1. The minimum absolute atomic E-state index is 0. The summed E-state index contributed by atoms with van der Waals surface area (Å²) in [7, 11) is 0. The van der Waals surface area contributed by atoms with E-state index in [1.165, 1.54) is 12.1 Å². The highest BCUT2D eigenvalue weighted by atomic mass is 35.5. The summed E-state index contributed by atoms with van der Waals surface area (Å²) in [6.07, 6.45) is 3.94. The van der Waals surface area contributed by atoms with Crippen molar-refractivity contribution in [3.8, 4) is 11.3 Å². The first-order chi connectivity index (χ1) is 11.7. The molecular formula is C19H24ClFN2O2. The van der Waals surface area contributed by atoms with Gasteiger partial charge in [0.1, 0.15) is 17.3 Å². The van der Waals surface area contributed by atoms with Crippen molar-refractivity contribution in [1.82, 2.24) is 10.2 Å². The maximum absolute atomic E-state index is 13.0. The van der Waals surface area contributed by atoms with E-state index in [1.807, 2.05) is 17.0 Å². The van der Waals surface area contributed by atoms with Gasteiger partial charge in [-0.1, -0.05) is 6.42 Å². The van der Waals surface area contributed by atoms with Crippen LogP contribution in [0.3, 0.4) is 0 Å². The molecule has 2 aromatic rings. The predicted molar refractivity (Wildman–Crippen MR) is 98.1 cm³/mol. The summed E-state index contributed by atoms with van der Waals surface area (Å²) >= 11 is 0. The first-order valence-corrected chi connectivity index (χ1v) is 8.55. The second-order valence-electron chi connectivity index (χ2n) is 6.14. The van der Waals surface area contributed by atoms with Gasteiger partial charge in [-0.3, -0.25) is 4.79 Å². The Hall–Kier alpha value is -1.85. The van der Waals surface area contributed by atoms with Crippen LogP contribution in [0.25, 0.3) is 11.3 Å². The molecule has 3 rings (SSSR count). The van der Waals surface area contributed by atoms with Crippen molar-refractivity contribution in [2.24, 2.45) is 0 Å². The highest BCUT2D eigenvalue weighted by molar-refractivity contribution is 5.85. The van der Waals surface area contributed by atoms with Gasteiger partial charge < -0.3 is 14.6 Å². The molecule has 6 heteroatoms. The molecule has 1 aromatic heterocycles. The van der Waals surface area contributed by atoms with Gasteiger partial charge in [-0.25, -0.2) is 4.39 Å². The van der Waals surface area contributed by atoms with Crippen LogP contribution < -0.4 is 5.32 Å². The fourth-order valence-corrected chi connectivity index (χ4v) is 2.94. The number of likely N-dealkylation sites (tertiary alicyclic amines) is 1. The molecule has 0 unspecified atom stereocenters. The van der Waals surface area contributed by atoms with E-state index >= 15 is 0 Å². The van der Waals surface area contributed by atoms with Crippen LogP contribution in [0.1, 0.15) is 31.4 Å². The smallest absolute Gasteiger partial charge is 0.222 e. The van der Waals surface area contributed by atoms with E-state index in [9.17, 15) is 9.18 Å². The predicted octanol–water partition coefficient (Wildman–Crippen LogP) is 4.00. The molecule has 25 heavy (non-hydrogen) atoms. The van der Waals surface area contributed by atoms with Gasteiger partial charge in [-0.05, 0) is 49.2 Å². The number of nitrogens with one attached hydrogen (secondary N) is 1. The third kappa shape index (κ3) is 5.58. The standard InChI is InChI=1S/C19H23FN2O2.ClH/c20-16-7-5-15(6-8-16)18-10-9-17(24-18)14-21-11-13-22-12-3-1-2-4-19(22)23;/h5-10,21H,1-4,11-14H2;1H. The van der Waals surface area contributed by atoms with Crippen molar-refractivity contribution in [3.63, 3.8) is 0 Å². The van der Waals surface area contributed by atoms with Crippen LogP contribution in [0.15, 0.2) is 40.8 Å². The first kappa shape index (κ1) is 19.5. The molecular weight excluding hydrogens is 343 g/mol. The van der Waals surface area contributed by atoms with E-state index in [0.717, 1.165) is 56.0 Å². The van der Waals surface area contributed by atoms with E-state index in [0.29, 0.717) is 13.0 Å². The highest BCUT2D eigenvalue weighted by Gasteiger charge is 2.15. The lowest BCUT2D eigenvalue weighted by Crippen LogP contribution is -2.36. The zero-order valence-electron chi connectivity index (χ0n) is 14.2. The normalized spacial score (nSPS) is 14.9. The van der Waals surface area contributed by atoms with Crippen LogP contribution in [0, 0.1) is 5.82 Å². The van der Waals surface area contributed by atoms with Crippen molar-refractivity contribution in [1.29, 1.82) is 0 Å². The van der Waals surface area contributed by atoms with Gasteiger partial charge in [-0.15, -0.1) is 12.4 Å². The molecule has 0 atom stereocenters. The lowest BCUT2D eigenvalue weighted by molar-refractivity contribution is -0.130. The van der Waals surface area contributed by atoms with E-state index in [2.05, 4.69) is 5.32 Å². The van der Waals surface area contributed by atoms with E-state index in [4.69, 9.17) is 4.42 Å². The number of hydrogen-bond acceptors (Lipinski definition) is 3. The summed E-state index contributed by atoms with van der Waals surface area (Å²) in [5.41, 5.74) is 0.859. The van der Waals surface area contributed by atoms with Gasteiger partial charge in [0.05, 0.1) is 6.54 Å². The summed E-state index contributed by atoms with van der Waals surface area (Å²) in [6, 6.07) is 10.1. The first-order valence-electron chi connectivity index (χ1n) is 8.55. The van der Waals surface area contributed by atoms with Crippen molar-refractivity contribution in [2.75, 3.05) is 19.6 Å². The fourth-order valence-electron chi connectivity index (χ4n) is 2.94. The van der Waals surface area contributed by atoms with Gasteiger partial charge in [0.2, 0.25) is 5.91 Å². The fraction of sp³-hybridized carbons (Fsp3) is 0.421. The second-order valence-corrected chi connectivity index (χ2v) is 6.14. The van der Waals surface area contributed by atoms with Crippen LogP contribution in [0.4, 0.5) is 4.39 Å². The van der Waals surface area contributed by atoms with Gasteiger partial charge in [0, 0.05) is 31.6 Å². The lowest BCUT2D eigenvalue weighted by atomic mass is 10.2. The van der Waals surface area contributed by atoms with Crippen LogP contribution in [0.2, 0.25) is 0 Å². The van der Waals surface area contributed by atoms with Gasteiger partial charge in [0.25, 0.3) is 0 Å². The number of hydrogen-bond donors (Lipinski definition) is 1. The van der Waals surface area contributed by atoms with Gasteiger partial charge >= 0.3 is 0 Å². The molecule has 1 aromatic carbocycles. The van der Waals surface area contributed by atoms with Crippen molar-refractivity contribution < 1.29 is 13.6 Å². The summed E-state index contributed by atoms with van der Waals surface area (Å²) < 4.78 is 18.7. The number of halogens is 2. The number of nitrogens with zero attached hydrogens (tertiary/aromatic N) is 1. The monoisotopic (exact) mass is 366 g/mol. The number of rotatable bonds is 6. The summed E-state index contributed by atoms with van der Waals surface area (Å²) in [6.45, 7) is 2.97. The molecule has 0 aliphatic carbocycles. The Labute approximate surface area is 153 Å². The third-order valence-electron chi connectivity index (χ3n) is 4.32. The number of furan rings is 1. The van der Waals surface area contributed by atoms with Crippen molar-refractivity contribution >= 4 is 18.3 Å². The van der Waals surface area contributed by atoms with Crippen LogP contribution in [-0.2, 0) is 11.3 Å². The second kappa shape index (κ2) is 9.59. The molecule has 0 saturated carbocycles. The molecule has 1 aliphatic rings. The average Bonchev–Trinajstić information content (AvgIpc) is 2.96. The molecule has 1 fully saturated rings. The Kier molecular flexibility index (Phi) is 7.47. The highest BCUT2D eigenvalue weighted by Crippen LogP contribution is 2.22. The maximum Gasteiger partial charge on any atom is 0.222 e. The SMILES string of the molecule is Cl.O=C1CCCCCN1CCNCc1ccc(-c2ccc(F)cc2)o1. The maximum atomic E-state index is 13.0. The molecule has 1 N–H and O–H groups in total. The molecule has 1 aliphatic heterocycles. The summed E-state index contributed by atoms with van der Waals surface area (Å²) in [4.78, 5) is 13.9. The van der Waals surface area contributed by atoms with E-state index < -0.39 is 0 Å². The number of benzene rings is 1. The topological polar surface area (TPSA) is 45.5 Å². The molecule has 0 spiro atoms. The van der Waals surface area contributed by atoms with Crippen LogP contribution in [0.5, 0.6) is 0 Å². The summed E-state index contributed by atoms with van der Waals surface area (Å²) in [5.74, 6) is 1.58. The number of carbonyl (C=O) groups is 1. The van der Waals surface area contributed by atoms with Crippen LogP contribution in [-0.4, -0.2) is 30.4 Å². The number of amides is 1. The van der Waals surface area contributed by atoms with E-state index in [-0.39, 0.29) is 24.1 Å². The Morgan fingerprint density at radius 1 is 1.08 bits per heavy atom. The van der Waals surface area contributed by atoms with Crippen molar-refractivity contribution in [2.45, 2.75) is 32.2 Å². The van der Waals surface area contributed by atoms with Gasteiger partial charge in [-0.2, -0.15) is 0 Å². The van der Waals surface area contributed by atoms with Crippen molar-refractivity contribution in [3.05, 3.63) is 48.0 Å². The van der Waals surface area contributed by atoms with Gasteiger partial charge in [0.15, 0.2) is 0 Å². The molecule has 136 valence electrons. The Bertz CT molecular complexity index is 672. The Morgan fingerprint density at radius 2 is 1.88 bits per heavy atom. The minimum Gasteiger partial charge on any atom is -0.460 e. The average molecular weight is 367 g/mol. The van der Waals surface area contributed by atoms with Crippen LogP contribution >= 0.6 is 12.4 Å². The minimum atomic E-state index is -0.254. The largest absolute Gasteiger partial charge is 0.460 e. The van der Waals surface area contributed by atoms with E-state index in [1.54, 1.807) is 12.1 Å². The quantitative estimate of drug-likeness (QED) is 0.786.